The average molecular weight is 335 g/mol. The summed E-state index contributed by atoms with van der Waals surface area (Å²) in [6, 6.07) is 4.88. The van der Waals surface area contributed by atoms with Crippen molar-refractivity contribution in [3.63, 3.8) is 0 Å². The van der Waals surface area contributed by atoms with E-state index in [1.54, 1.807) is 23.0 Å². The number of thiazole rings is 1. The number of nitrogens with zero attached hydrogens (tertiary/aromatic N) is 5. The highest BCUT2D eigenvalue weighted by atomic mass is 32.2. The lowest BCUT2D eigenvalue weighted by molar-refractivity contribution is 0.0697. The quantitative estimate of drug-likeness (QED) is 0.786. The SMILES string of the molecule is CC(C)(C)n1nnc(Sc2nc3ccc(C(=O)O)cc3s2)n1. The van der Waals surface area contributed by atoms with Gasteiger partial charge in [0.25, 0.3) is 0 Å². The monoisotopic (exact) mass is 335 g/mol. The van der Waals surface area contributed by atoms with Crippen molar-refractivity contribution in [1.29, 1.82) is 0 Å². The largest absolute Gasteiger partial charge is 0.478 e. The minimum absolute atomic E-state index is 0.226. The van der Waals surface area contributed by atoms with Crippen molar-refractivity contribution in [2.75, 3.05) is 0 Å². The van der Waals surface area contributed by atoms with Crippen LogP contribution >= 0.6 is 23.1 Å². The Kier molecular flexibility index (Phi) is 3.61. The number of fused-ring (bicyclic) bond motifs is 1. The first-order valence-electron chi connectivity index (χ1n) is 6.45. The van der Waals surface area contributed by atoms with Gasteiger partial charge in [0.05, 0.1) is 21.3 Å². The van der Waals surface area contributed by atoms with Gasteiger partial charge in [0.1, 0.15) is 0 Å². The second kappa shape index (κ2) is 5.33. The molecular weight excluding hydrogens is 322 g/mol. The molecule has 0 amide bonds. The molecule has 0 aliphatic carbocycles. The third kappa shape index (κ3) is 2.95. The van der Waals surface area contributed by atoms with E-state index < -0.39 is 5.97 Å². The number of benzene rings is 1. The van der Waals surface area contributed by atoms with Gasteiger partial charge in [-0.2, -0.15) is 4.80 Å². The van der Waals surface area contributed by atoms with E-state index in [9.17, 15) is 4.79 Å². The van der Waals surface area contributed by atoms with Crippen LogP contribution in [0.15, 0.2) is 27.7 Å². The van der Waals surface area contributed by atoms with Crippen molar-refractivity contribution in [3.8, 4) is 0 Å². The molecule has 0 saturated heterocycles. The Balaban J connectivity index is 1.88. The molecule has 0 bridgehead atoms. The lowest BCUT2D eigenvalue weighted by Crippen LogP contribution is -2.24. The standard InChI is InChI=1S/C13H13N5O2S2/c1-13(2,3)18-16-11(15-17-18)22-12-14-8-5-4-7(10(19)20)6-9(8)21-12/h4-6H,1-3H3,(H,19,20). The molecule has 0 saturated carbocycles. The number of hydrogen-bond donors (Lipinski definition) is 1. The van der Waals surface area contributed by atoms with Gasteiger partial charge in [0, 0.05) is 0 Å². The molecule has 0 aliphatic heterocycles. The van der Waals surface area contributed by atoms with E-state index in [1.165, 1.54) is 23.1 Å². The summed E-state index contributed by atoms with van der Waals surface area (Å²) in [7, 11) is 0. The number of rotatable bonds is 3. The van der Waals surface area contributed by atoms with E-state index in [4.69, 9.17) is 5.11 Å². The molecule has 1 aromatic carbocycles. The number of hydrogen-bond acceptors (Lipinski definition) is 7. The fraction of sp³-hybridized carbons (Fsp3) is 0.308. The second-order valence-electron chi connectivity index (χ2n) is 5.60. The Morgan fingerprint density at radius 3 is 2.77 bits per heavy atom. The Bertz CT molecular complexity index is 850. The van der Waals surface area contributed by atoms with Crippen LogP contribution in [0.3, 0.4) is 0 Å². The topological polar surface area (TPSA) is 93.8 Å². The maximum absolute atomic E-state index is 11.0. The van der Waals surface area contributed by atoms with Gasteiger partial charge in [0.2, 0.25) is 5.16 Å². The molecule has 114 valence electrons. The van der Waals surface area contributed by atoms with Crippen molar-refractivity contribution < 1.29 is 9.90 Å². The van der Waals surface area contributed by atoms with E-state index in [2.05, 4.69) is 20.4 Å². The molecular formula is C13H13N5O2S2. The summed E-state index contributed by atoms with van der Waals surface area (Å²) in [5, 5.41) is 21.9. The first-order chi connectivity index (χ1) is 10.3. The zero-order chi connectivity index (χ0) is 15.9. The average Bonchev–Trinajstić information content (AvgIpc) is 3.03. The van der Waals surface area contributed by atoms with Gasteiger partial charge >= 0.3 is 5.97 Å². The minimum atomic E-state index is -0.945. The van der Waals surface area contributed by atoms with Gasteiger partial charge in [-0.15, -0.1) is 21.5 Å². The van der Waals surface area contributed by atoms with Gasteiger partial charge in [0.15, 0.2) is 4.34 Å². The Hall–Kier alpha value is -2.00. The third-order valence-corrected chi connectivity index (χ3v) is 4.71. The van der Waals surface area contributed by atoms with Crippen molar-refractivity contribution in [2.24, 2.45) is 0 Å². The molecule has 0 aliphatic rings. The molecule has 2 heterocycles. The lowest BCUT2D eigenvalue weighted by atomic mass is 10.1. The van der Waals surface area contributed by atoms with Gasteiger partial charge in [-0.25, -0.2) is 9.78 Å². The van der Waals surface area contributed by atoms with Gasteiger partial charge < -0.3 is 5.11 Å². The first kappa shape index (κ1) is 14.9. The number of carboxylic acid groups (broad SMARTS) is 1. The molecule has 3 aromatic rings. The number of tetrazole rings is 1. The van der Waals surface area contributed by atoms with E-state index in [1.807, 2.05) is 20.8 Å². The van der Waals surface area contributed by atoms with Crippen molar-refractivity contribution in [2.45, 2.75) is 35.8 Å². The smallest absolute Gasteiger partial charge is 0.335 e. The Labute approximate surface area is 134 Å². The normalized spacial score (nSPS) is 12.0. The van der Waals surface area contributed by atoms with Crippen LogP contribution < -0.4 is 0 Å². The molecule has 0 radical (unpaired) electrons. The molecule has 0 atom stereocenters. The molecule has 9 heteroatoms. The van der Waals surface area contributed by atoms with Crippen molar-refractivity contribution in [1.82, 2.24) is 25.2 Å². The first-order valence-corrected chi connectivity index (χ1v) is 8.08. The van der Waals surface area contributed by atoms with Gasteiger partial charge in [-0.05, 0) is 55.9 Å². The van der Waals surface area contributed by atoms with Crippen LogP contribution in [-0.2, 0) is 5.54 Å². The summed E-state index contributed by atoms with van der Waals surface area (Å²) in [6.45, 7) is 5.98. The molecule has 7 nitrogen and oxygen atoms in total. The summed E-state index contributed by atoms with van der Waals surface area (Å²) < 4.78 is 1.58. The highest BCUT2D eigenvalue weighted by Crippen LogP contribution is 2.33. The molecule has 1 N–H and O–H groups in total. The summed E-state index contributed by atoms with van der Waals surface area (Å²) in [4.78, 5) is 17.0. The number of aromatic nitrogens is 5. The van der Waals surface area contributed by atoms with Crippen molar-refractivity contribution >= 4 is 39.3 Å². The number of aromatic carboxylic acids is 1. The number of carboxylic acids is 1. The summed E-state index contributed by atoms with van der Waals surface area (Å²) >= 11 is 2.73. The number of carbonyl (C=O) groups is 1. The molecule has 0 spiro atoms. The molecule has 3 rings (SSSR count). The second-order valence-corrected chi connectivity index (χ2v) is 7.85. The highest BCUT2D eigenvalue weighted by molar-refractivity contribution is 8.01. The van der Waals surface area contributed by atoms with E-state index in [0.717, 1.165) is 14.6 Å². The van der Waals surface area contributed by atoms with E-state index >= 15 is 0 Å². The highest BCUT2D eigenvalue weighted by Gasteiger charge is 2.18. The zero-order valence-electron chi connectivity index (χ0n) is 12.1. The van der Waals surface area contributed by atoms with Crippen molar-refractivity contribution in [3.05, 3.63) is 23.8 Å². The van der Waals surface area contributed by atoms with E-state index in [0.29, 0.717) is 5.16 Å². The summed E-state index contributed by atoms with van der Waals surface area (Å²) in [5.41, 5.74) is 0.792. The molecule has 0 unspecified atom stereocenters. The molecule has 22 heavy (non-hydrogen) atoms. The van der Waals surface area contributed by atoms with Crippen LogP contribution in [0.1, 0.15) is 31.1 Å². The van der Waals surface area contributed by atoms with Crippen LogP contribution in [0, 0.1) is 0 Å². The predicted molar refractivity (Wildman–Crippen MR) is 83.5 cm³/mol. The third-order valence-electron chi connectivity index (χ3n) is 2.79. The predicted octanol–water partition coefficient (Wildman–Crippen LogP) is 2.89. The van der Waals surface area contributed by atoms with Gasteiger partial charge in [-0.3, -0.25) is 0 Å². The Morgan fingerprint density at radius 1 is 1.36 bits per heavy atom. The van der Waals surface area contributed by atoms with Crippen LogP contribution in [0.5, 0.6) is 0 Å². The fourth-order valence-corrected chi connectivity index (χ4v) is 3.58. The van der Waals surface area contributed by atoms with Gasteiger partial charge in [-0.1, -0.05) is 0 Å². The van der Waals surface area contributed by atoms with E-state index in [-0.39, 0.29) is 11.1 Å². The molecule has 0 fully saturated rings. The van der Waals surface area contributed by atoms with Crippen LogP contribution in [0.25, 0.3) is 10.2 Å². The maximum Gasteiger partial charge on any atom is 0.335 e. The zero-order valence-corrected chi connectivity index (χ0v) is 13.8. The minimum Gasteiger partial charge on any atom is -0.478 e. The molecule has 2 aromatic heterocycles. The summed E-state index contributed by atoms with van der Waals surface area (Å²) in [6.07, 6.45) is 0. The van der Waals surface area contributed by atoms with Crippen LogP contribution in [-0.4, -0.2) is 36.3 Å². The van der Waals surface area contributed by atoms with Crippen LogP contribution in [0.4, 0.5) is 0 Å². The Morgan fingerprint density at radius 2 is 2.14 bits per heavy atom. The lowest BCUT2D eigenvalue weighted by Gasteiger charge is -2.15. The van der Waals surface area contributed by atoms with Crippen LogP contribution in [0.2, 0.25) is 0 Å². The maximum atomic E-state index is 11.0. The summed E-state index contributed by atoms with van der Waals surface area (Å²) in [5.74, 6) is -0.945. The fourth-order valence-electron chi connectivity index (χ4n) is 1.68.